The van der Waals surface area contributed by atoms with E-state index in [2.05, 4.69) is 10.1 Å². The first-order valence-corrected chi connectivity index (χ1v) is 4.98. The average Bonchev–Trinajstić information content (AvgIpc) is 2.28. The van der Waals surface area contributed by atoms with Crippen LogP contribution in [0.5, 0.6) is 5.75 Å². The number of hydrogen-bond acceptors (Lipinski definition) is 4. The van der Waals surface area contributed by atoms with Gasteiger partial charge < -0.3 is 20.3 Å². The van der Waals surface area contributed by atoms with Crippen LogP contribution < -0.4 is 5.32 Å². The summed E-state index contributed by atoms with van der Waals surface area (Å²) in [4.78, 5) is 22.1. The zero-order valence-electron chi connectivity index (χ0n) is 9.51. The molecule has 1 unspecified atom stereocenters. The molecule has 3 N–H and O–H groups in total. The summed E-state index contributed by atoms with van der Waals surface area (Å²) in [6.07, 6.45) is -1.20. The summed E-state index contributed by atoms with van der Waals surface area (Å²) in [5, 5.41) is 19.9. The smallest absolute Gasteiger partial charge is 0.334 e. The second-order valence-corrected chi connectivity index (χ2v) is 3.44. The highest BCUT2D eigenvalue weighted by atomic mass is 19.1. The van der Waals surface area contributed by atoms with Gasteiger partial charge in [0.05, 0.1) is 12.1 Å². The van der Waals surface area contributed by atoms with Crippen molar-refractivity contribution in [3.05, 3.63) is 29.6 Å². The molecule has 0 aromatic heterocycles. The molecule has 98 valence electrons. The van der Waals surface area contributed by atoms with Gasteiger partial charge in [0.2, 0.25) is 0 Å². The lowest BCUT2D eigenvalue weighted by Gasteiger charge is -2.11. The first-order chi connectivity index (χ1) is 8.45. The van der Waals surface area contributed by atoms with Gasteiger partial charge in [-0.2, -0.15) is 0 Å². The average molecular weight is 257 g/mol. The number of amides is 1. The first-order valence-electron chi connectivity index (χ1n) is 4.98. The third kappa shape index (κ3) is 3.42. The number of ether oxygens (including phenoxy) is 1. The molecule has 6 nitrogen and oxygen atoms in total. The van der Waals surface area contributed by atoms with Crippen molar-refractivity contribution in [3.8, 4) is 5.75 Å². The molecule has 1 atom stereocenters. The Kier molecular flexibility index (Phi) is 4.61. The summed E-state index contributed by atoms with van der Waals surface area (Å²) in [5.74, 6) is -3.21. The minimum atomic E-state index is -1.23. The number of benzene rings is 1. The van der Waals surface area contributed by atoms with Gasteiger partial charge >= 0.3 is 5.97 Å². The number of methoxy groups -OCH3 is 1. The molecule has 0 spiro atoms. The van der Waals surface area contributed by atoms with E-state index in [0.29, 0.717) is 0 Å². The minimum Gasteiger partial charge on any atom is -0.508 e. The molecule has 0 aliphatic carbocycles. The molecule has 1 amide bonds. The number of phenolic OH excluding ortho intramolecular Hbond substituents is 1. The molecule has 0 aliphatic rings. The second-order valence-electron chi connectivity index (χ2n) is 3.44. The van der Waals surface area contributed by atoms with E-state index in [-0.39, 0.29) is 17.9 Å². The Morgan fingerprint density at radius 2 is 2.17 bits per heavy atom. The molecule has 7 heteroatoms. The second kappa shape index (κ2) is 5.97. The summed E-state index contributed by atoms with van der Waals surface area (Å²) < 4.78 is 17.9. The highest BCUT2D eigenvalue weighted by molar-refractivity contribution is 5.94. The minimum absolute atomic E-state index is 0.284. The topological polar surface area (TPSA) is 95.9 Å². The van der Waals surface area contributed by atoms with Gasteiger partial charge in [0, 0.05) is 13.2 Å². The summed E-state index contributed by atoms with van der Waals surface area (Å²) >= 11 is 0. The quantitative estimate of drug-likeness (QED) is 0.707. The van der Waals surface area contributed by atoms with Crippen molar-refractivity contribution in [2.45, 2.75) is 6.10 Å². The number of halogens is 1. The molecule has 18 heavy (non-hydrogen) atoms. The van der Waals surface area contributed by atoms with Gasteiger partial charge in [0.15, 0.2) is 6.10 Å². The molecule has 1 aromatic rings. The molecular weight excluding hydrogens is 245 g/mol. The van der Waals surface area contributed by atoms with E-state index in [0.717, 1.165) is 18.2 Å². The number of rotatable bonds is 5. The van der Waals surface area contributed by atoms with E-state index >= 15 is 0 Å². The number of aromatic hydroxyl groups is 1. The Bertz CT molecular complexity index is 463. The number of hydrogen-bond donors (Lipinski definition) is 3. The molecule has 0 aliphatic heterocycles. The van der Waals surface area contributed by atoms with Crippen molar-refractivity contribution >= 4 is 11.9 Å². The van der Waals surface area contributed by atoms with Crippen LogP contribution in [0.3, 0.4) is 0 Å². The van der Waals surface area contributed by atoms with Crippen LogP contribution in [0.4, 0.5) is 4.39 Å². The molecule has 0 heterocycles. The summed E-state index contributed by atoms with van der Waals surface area (Å²) in [6.45, 7) is -0.287. The van der Waals surface area contributed by atoms with Crippen LogP contribution in [-0.2, 0) is 9.53 Å². The van der Waals surface area contributed by atoms with E-state index in [1.54, 1.807) is 0 Å². The first kappa shape index (κ1) is 13.9. The van der Waals surface area contributed by atoms with Gasteiger partial charge in [-0.1, -0.05) is 0 Å². The molecule has 0 fully saturated rings. The van der Waals surface area contributed by atoms with Crippen LogP contribution in [0.1, 0.15) is 10.4 Å². The third-order valence-electron chi connectivity index (χ3n) is 2.21. The lowest BCUT2D eigenvalue weighted by atomic mass is 10.2. The number of nitrogens with one attached hydrogen (secondary N) is 1. The SMILES string of the molecule is COC(CNC(=O)c1ccc(O)cc1F)C(=O)O. The van der Waals surface area contributed by atoms with Crippen molar-refractivity contribution in [2.75, 3.05) is 13.7 Å². The Balaban J connectivity index is 2.68. The lowest BCUT2D eigenvalue weighted by Crippen LogP contribution is -2.38. The lowest BCUT2D eigenvalue weighted by molar-refractivity contribution is -0.148. The van der Waals surface area contributed by atoms with Crippen LogP contribution in [0.15, 0.2) is 18.2 Å². The Labute approximate surface area is 102 Å². The predicted octanol–water partition coefficient (Wildman–Crippen LogP) is 0.361. The fraction of sp³-hybridized carbons (Fsp3) is 0.273. The maximum absolute atomic E-state index is 13.3. The van der Waals surface area contributed by atoms with Crippen molar-refractivity contribution in [3.63, 3.8) is 0 Å². The summed E-state index contributed by atoms with van der Waals surface area (Å²) in [7, 11) is 1.19. The van der Waals surface area contributed by atoms with Crippen molar-refractivity contribution in [2.24, 2.45) is 0 Å². The van der Waals surface area contributed by atoms with Gasteiger partial charge in [-0.25, -0.2) is 9.18 Å². The number of carbonyl (C=O) groups excluding carboxylic acids is 1. The molecular formula is C11H12FNO5. The predicted molar refractivity (Wildman–Crippen MR) is 58.8 cm³/mol. The van der Waals surface area contributed by atoms with E-state index < -0.39 is 23.8 Å². The molecule has 1 aromatic carbocycles. The molecule has 1 rings (SSSR count). The highest BCUT2D eigenvalue weighted by Crippen LogP contribution is 2.14. The van der Waals surface area contributed by atoms with Crippen LogP contribution in [0, 0.1) is 5.82 Å². The number of phenols is 1. The third-order valence-corrected chi connectivity index (χ3v) is 2.21. The van der Waals surface area contributed by atoms with Crippen LogP contribution in [0.25, 0.3) is 0 Å². The van der Waals surface area contributed by atoms with Gasteiger partial charge in [-0.3, -0.25) is 4.79 Å². The number of carbonyl (C=O) groups is 2. The highest BCUT2D eigenvalue weighted by Gasteiger charge is 2.19. The molecule has 0 radical (unpaired) electrons. The van der Waals surface area contributed by atoms with Crippen molar-refractivity contribution < 1.29 is 28.9 Å². The van der Waals surface area contributed by atoms with E-state index in [1.165, 1.54) is 7.11 Å². The van der Waals surface area contributed by atoms with Crippen LogP contribution in [-0.4, -0.2) is 41.8 Å². The van der Waals surface area contributed by atoms with Crippen molar-refractivity contribution in [1.29, 1.82) is 0 Å². The van der Waals surface area contributed by atoms with Gasteiger partial charge in [-0.05, 0) is 12.1 Å². The maximum atomic E-state index is 13.3. The van der Waals surface area contributed by atoms with Crippen LogP contribution in [0.2, 0.25) is 0 Å². The molecule has 0 bridgehead atoms. The largest absolute Gasteiger partial charge is 0.508 e. The number of carboxylic acids is 1. The van der Waals surface area contributed by atoms with E-state index in [9.17, 15) is 14.0 Å². The van der Waals surface area contributed by atoms with Gasteiger partial charge in [0.25, 0.3) is 5.91 Å². The standard InChI is InChI=1S/C11H12FNO5/c1-18-9(11(16)17)5-13-10(15)7-3-2-6(14)4-8(7)12/h2-4,9,14H,5H2,1H3,(H,13,15)(H,16,17). The monoisotopic (exact) mass is 257 g/mol. The zero-order valence-corrected chi connectivity index (χ0v) is 9.51. The Morgan fingerprint density at radius 3 is 2.67 bits per heavy atom. The Hall–Kier alpha value is -2.15. The normalized spacial score (nSPS) is 11.9. The fourth-order valence-electron chi connectivity index (χ4n) is 1.24. The van der Waals surface area contributed by atoms with E-state index in [4.69, 9.17) is 10.2 Å². The summed E-state index contributed by atoms with van der Waals surface area (Å²) in [6, 6.07) is 3.05. The fourth-order valence-corrected chi connectivity index (χ4v) is 1.24. The number of carboxylic acid groups (broad SMARTS) is 1. The molecule has 0 saturated heterocycles. The molecule has 0 saturated carbocycles. The zero-order chi connectivity index (χ0) is 13.7. The summed E-state index contributed by atoms with van der Waals surface area (Å²) in [5.41, 5.74) is -0.284. The van der Waals surface area contributed by atoms with Gasteiger partial charge in [0.1, 0.15) is 11.6 Å². The Morgan fingerprint density at radius 1 is 1.50 bits per heavy atom. The van der Waals surface area contributed by atoms with Crippen molar-refractivity contribution in [1.82, 2.24) is 5.32 Å². The van der Waals surface area contributed by atoms with Gasteiger partial charge in [-0.15, -0.1) is 0 Å². The van der Waals surface area contributed by atoms with E-state index in [1.807, 2.05) is 0 Å². The number of aliphatic carboxylic acids is 1. The maximum Gasteiger partial charge on any atom is 0.334 e. The van der Waals surface area contributed by atoms with Crippen LogP contribution >= 0.6 is 0 Å².